The van der Waals surface area contributed by atoms with Gasteiger partial charge in [-0.05, 0) is 70.3 Å². The smallest absolute Gasteiger partial charge is 0.256 e. The number of carbonyl (C=O) groups excluding carboxylic acids is 3. The molecule has 1 saturated carbocycles. The molecule has 0 radical (unpaired) electrons. The summed E-state index contributed by atoms with van der Waals surface area (Å²) in [7, 11) is 3.07. The molecule has 3 atom stereocenters. The number of methoxy groups -OCH3 is 1. The Hall–Kier alpha value is -3.94. The van der Waals surface area contributed by atoms with Crippen LogP contribution < -0.4 is 30.9 Å². The number of fused-ring (bicyclic) bond motifs is 1. The molecule has 14 heteroatoms. The lowest BCUT2D eigenvalue weighted by Gasteiger charge is -2.35. The van der Waals surface area contributed by atoms with Gasteiger partial charge in [-0.3, -0.25) is 14.4 Å². The first-order valence-corrected chi connectivity index (χ1v) is 15.8. The van der Waals surface area contributed by atoms with Gasteiger partial charge in [0.05, 0.1) is 36.1 Å². The summed E-state index contributed by atoms with van der Waals surface area (Å²) in [6, 6.07) is 3.11. The molecule has 2 fully saturated rings. The van der Waals surface area contributed by atoms with E-state index in [1.807, 2.05) is 0 Å². The molecule has 5 rings (SSSR count). The average Bonchev–Trinajstić information content (AvgIpc) is 3.62. The van der Waals surface area contributed by atoms with Crippen LogP contribution in [0.3, 0.4) is 0 Å². The van der Waals surface area contributed by atoms with Crippen LogP contribution in [0.4, 0.5) is 26.0 Å². The van der Waals surface area contributed by atoms with Crippen molar-refractivity contribution in [2.45, 2.75) is 70.0 Å². The lowest BCUT2D eigenvalue weighted by molar-refractivity contribution is -0.133. The Morgan fingerprint density at radius 1 is 1.09 bits per heavy atom. The third-order valence-corrected chi connectivity index (χ3v) is 9.12. The van der Waals surface area contributed by atoms with E-state index in [1.54, 1.807) is 20.0 Å². The molecular formula is C32H38ClF2N7O4. The predicted octanol–water partition coefficient (Wildman–Crippen LogP) is 4.60. The first-order valence-electron chi connectivity index (χ1n) is 15.5. The Balaban J connectivity index is 1.64. The van der Waals surface area contributed by atoms with E-state index in [0.717, 1.165) is 49.5 Å². The quantitative estimate of drug-likeness (QED) is 0.231. The Morgan fingerprint density at radius 2 is 1.85 bits per heavy atom. The lowest BCUT2D eigenvalue weighted by Crippen LogP contribution is -2.59. The number of anilines is 3. The number of benzene rings is 2. The highest BCUT2D eigenvalue weighted by molar-refractivity contribution is 6.31. The van der Waals surface area contributed by atoms with Gasteiger partial charge < -0.3 is 26.0 Å². The number of rotatable bonds is 10. The van der Waals surface area contributed by atoms with Crippen LogP contribution in [-0.4, -0.2) is 66.5 Å². The Labute approximate surface area is 270 Å². The largest absolute Gasteiger partial charge is 0.494 e. The monoisotopic (exact) mass is 657 g/mol. The SMILES string of the molecule is CN[C@@H](C)C(=O)N[C@H](C(=O)N(C(=O)[C@@H]1CCCN1)c1cc2c(Nc3ccc(F)c(Cl)c3F)ncnc2cc1OC)C1CCCCC1. The first kappa shape index (κ1) is 33.4. The average molecular weight is 658 g/mol. The van der Waals surface area contributed by atoms with Crippen LogP contribution in [0.5, 0.6) is 5.75 Å². The summed E-state index contributed by atoms with van der Waals surface area (Å²) in [4.78, 5) is 51.8. The van der Waals surface area contributed by atoms with E-state index in [0.29, 0.717) is 23.9 Å². The number of halogens is 3. The zero-order valence-corrected chi connectivity index (χ0v) is 26.7. The highest BCUT2D eigenvalue weighted by Crippen LogP contribution is 2.38. The molecule has 11 nitrogen and oxygen atoms in total. The zero-order chi connectivity index (χ0) is 33.0. The van der Waals surface area contributed by atoms with Gasteiger partial charge in [0.1, 0.15) is 34.8 Å². The molecule has 1 aliphatic carbocycles. The molecule has 0 spiro atoms. The second-order valence-corrected chi connectivity index (χ2v) is 12.0. The summed E-state index contributed by atoms with van der Waals surface area (Å²) >= 11 is 5.80. The van der Waals surface area contributed by atoms with Crippen molar-refractivity contribution in [3.05, 3.63) is 47.2 Å². The van der Waals surface area contributed by atoms with Gasteiger partial charge in [0.25, 0.3) is 11.8 Å². The summed E-state index contributed by atoms with van der Waals surface area (Å²) in [5.74, 6) is -3.23. The molecule has 0 bridgehead atoms. The fraction of sp³-hybridized carbons (Fsp3) is 0.469. The minimum atomic E-state index is -1.01. The molecule has 1 aromatic heterocycles. The van der Waals surface area contributed by atoms with Crippen molar-refractivity contribution in [2.75, 3.05) is 30.9 Å². The predicted molar refractivity (Wildman–Crippen MR) is 171 cm³/mol. The summed E-state index contributed by atoms with van der Waals surface area (Å²) in [6.45, 7) is 2.31. The van der Waals surface area contributed by atoms with Crippen LogP contribution in [0.1, 0.15) is 51.9 Å². The zero-order valence-electron chi connectivity index (χ0n) is 26.0. The van der Waals surface area contributed by atoms with Crippen molar-refractivity contribution in [1.29, 1.82) is 0 Å². The number of likely N-dealkylation sites (N-methyl/N-ethyl adjacent to an activating group) is 1. The minimum Gasteiger partial charge on any atom is -0.494 e. The van der Waals surface area contributed by atoms with Gasteiger partial charge in [0, 0.05) is 11.5 Å². The Kier molecular flexibility index (Phi) is 10.6. The molecule has 4 N–H and O–H groups in total. The number of carbonyl (C=O) groups is 3. The number of aromatic nitrogens is 2. The maximum absolute atomic E-state index is 14.9. The van der Waals surface area contributed by atoms with Crippen LogP contribution in [0.2, 0.25) is 5.02 Å². The third-order valence-electron chi connectivity index (χ3n) is 8.78. The van der Waals surface area contributed by atoms with Gasteiger partial charge in [-0.2, -0.15) is 0 Å². The summed E-state index contributed by atoms with van der Waals surface area (Å²) < 4.78 is 34.4. The fourth-order valence-corrected chi connectivity index (χ4v) is 6.22. The number of nitrogens with zero attached hydrogens (tertiary/aromatic N) is 3. The molecule has 3 amide bonds. The van der Waals surface area contributed by atoms with Crippen LogP contribution >= 0.6 is 11.6 Å². The van der Waals surface area contributed by atoms with Crippen molar-refractivity contribution in [1.82, 2.24) is 25.9 Å². The Morgan fingerprint density at radius 3 is 2.52 bits per heavy atom. The van der Waals surface area contributed by atoms with Gasteiger partial charge in [0.2, 0.25) is 5.91 Å². The molecule has 3 aromatic rings. The van der Waals surface area contributed by atoms with Crippen LogP contribution in [0, 0.1) is 17.6 Å². The van der Waals surface area contributed by atoms with Crippen LogP contribution in [0.25, 0.3) is 10.9 Å². The Bertz CT molecular complexity index is 1620. The van der Waals surface area contributed by atoms with Gasteiger partial charge in [-0.1, -0.05) is 30.9 Å². The summed E-state index contributed by atoms with van der Waals surface area (Å²) in [6.07, 6.45) is 6.80. The normalized spacial score (nSPS) is 18.2. The molecule has 1 aliphatic heterocycles. The van der Waals surface area contributed by atoms with Gasteiger partial charge >= 0.3 is 0 Å². The molecule has 2 aromatic carbocycles. The molecule has 0 unspecified atom stereocenters. The topological polar surface area (TPSA) is 138 Å². The second kappa shape index (κ2) is 14.7. The fourth-order valence-electron chi connectivity index (χ4n) is 6.05. The summed E-state index contributed by atoms with van der Waals surface area (Å²) in [5.41, 5.74) is 0.345. The van der Waals surface area contributed by atoms with Gasteiger partial charge in [-0.15, -0.1) is 0 Å². The number of ether oxygens (including phenoxy) is 1. The number of nitrogens with one attached hydrogen (secondary N) is 4. The van der Waals surface area contributed by atoms with Crippen molar-refractivity contribution in [3.8, 4) is 5.75 Å². The van der Waals surface area contributed by atoms with Crippen molar-refractivity contribution in [3.63, 3.8) is 0 Å². The third kappa shape index (κ3) is 6.91. The summed E-state index contributed by atoms with van der Waals surface area (Å²) in [5, 5.41) is 11.5. The van der Waals surface area contributed by atoms with E-state index in [-0.39, 0.29) is 34.8 Å². The van der Waals surface area contributed by atoms with Crippen molar-refractivity contribution in [2.24, 2.45) is 5.92 Å². The number of hydrogen-bond acceptors (Lipinski definition) is 9. The van der Waals surface area contributed by atoms with E-state index in [1.165, 1.54) is 25.6 Å². The van der Waals surface area contributed by atoms with Crippen LogP contribution in [-0.2, 0) is 14.4 Å². The van der Waals surface area contributed by atoms with Crippen molar-refractivity contribution >= 4 is 57.4 Å². The van der Waals surface area contributed by atoms with E-state index in [4.69, 9.17) is 16.3 Å². The molecule has 2 aliphatic rings. The number of amides is 3. The number of hydrogen-bond donors (Lipinski definition) is 4. The minimum absolute atomic E-state index is 0.117. The first-order chi connectivity index (χ1) is 22.1. The molecule has 46 heavy (non-hydrogen) atoms. The van der Waals surface area contributed by atoms with Gasteiger partial charge in [0.15, 0.2) is 5.82 Å². The van der Waals surface area contributed by atoms with Crippen LogP contribution in [0.15, 0.2) is 30.6 Å². The maximum Gasteiger partial charge on any atom is 0.256 e. The molecule has 2 heterocycles. The maximum atomic E-state index is 14.9. The highest BCUT2D eigenvalue weighted by Gasteiger charge is 2.41. The molecular weight excluding hydrogens is 620 g/mol. The highest BCUT2D eigenvalue weighted by atomic mass is 35.5. The van der Waals surface area contributed by atoms with Crippen molar-refractivity contribution < 1.29 is 27.9 Å². The second-order valence-electron chi connectivity index (χ2n) is 11.7. The van der Waals surface area contributed by atoms with E-state index < -0.39 is 46.6 Å². The van der Waals surface area contributed by atoms with E-state index in [9.17, 15) is 23.2 Å². The lowest BCUT2D eigenvalue weighted by atomic mass is 9.83. The van der Waals surface area contributed by atoms with E-state index in [2.05, 4.69) is 31.2 Å². The van der Waals surface area contributed by atoms with Gasteiger partial charge in [-0.25, -0.2) is 23.6 Å². The molecule has 1 saturated heterocycles. The van der Waals surface area contributed by atoms with E-state index >= 15 is 0 Å². The standard InChI is InChI=1S/C32H38ClF2N7O4/c1-17(36-2)30(43)41-28(18-8-5-4-6-9-18)32(45)42(31(44)22-10-7-13-37-22)24-14-19-23(15-25(24)46-3)38-16-39-29(19)40-21-12-11-20(34)26(33)27(21)35/h11-12,14-18,22,28,36-37H,4-10,13H2,1-3H3,(H,41,43)(H,38,39,40)/t17-,22-,28-/m0/s1. The molecule has 246 valence electrons. The number of imide groups is 1.